The molecular formula is C29H28N8O3. The van der Waals surface area contributed by atoms with Crippen molar-refractivity contribution in [2.24, 2.45) is 5.41 Å². The maximum atomic E-state index is 12.5. The predicted molar refractivity (Wildman–Crippen MR) is 149 cm³/mol. The number of rotatable bonds is 5. The van der Waals surface area contributed by atoms with Gasteiger partial charge in [0.15, 0.2) is 0 Å². The number of pyridine rings is 1. The van der Waals surface area contributed by atoms with E-state index in [-0.39, 0.29) is 17.9 Å². The fourth-order valence-corrected chi connectivity index (χ4v) is 5.97. The largest absolute Gasteiger partial charge is 0.474 e. The van der Waals surface area contributed by atoms with Crippen molar-refractivity contribution in [3.8, 4) is 23.1 Å². The number of carbonyl (C=O) groups excluding carboxylic acids is 2. The third-order valence-electron chi connectivity index (χ3n) is 8.07. The van der Waals surface area contributed by atoms with Crippen molar-refractivity contribution in [2.75, 3.05) is 46.3 Å². The minimum atomic E-state index is -0.434. The van der Waals surface area contributed by atoms with Gasteiger partial charge in [0.05, 0.1) is 29.4 Å². The van der Waals surface area contributed by atoms with Crippen molar-refractivity contribution in [1.82, 2.24) is 15.0 Å². The third kappa shape index (κ3) is 4.07. The molecule has 3 saturated heterocycles. The van der Waals surface area contributed by atoms with Crippen molar-refractivity contribution in [3.05, 3.63) is 42.7 Å². The molecule has 11 nitrogen and oxygen atoms in total. The Bertz CT molecular complexity index is 1560. The van der Waals surface area contributed by atoms with E-state index in [4.69, 9.17) is 9.72 Å². The van der Waals surface area contributed by atoms with Crippen LogP contribution in [0, 0.1) is 16.7 Å². The molecular weight excluding hydrogens is 508 g/mol. The number of aromatic nitrogens is 3. The average molecular weight is 537 g/mol. The first kappa shape index (κ1) is 24.3. The lowest BCUT2D eigenvalue weighted by molar-refractivity contribution is -0.118. The predicted octanol–water partition coefficient (Wildman–Crippen LogP) is 3.65. The number of hydrogen-bond acceptors (Lipinski definition) is 9. The summed E-state index contributed by atoms with van der Waals surface area (Å²) in [6, 6.07) is 12.2. The molecule has 7 rings (SSSR count). The van der Waals surface area contributed by atoms with Crippen LogP contribution < -0.4 is 24.8 Å². The summed E-state index contributed by atoms with van der Waals surface area (Å²) in [6.45, 7) is 4.26. The van der Waals surface area contributed by atoms with E-state index >= 15 is 0 Å². The van der Waals surface area contributed by atoms with E-state index in [1.165, 1.54) is 0 Å². The summed E-state index contributed by atoms with van der Waals surface area (Å²) in [5.74, 6) is 1.78. The highest BCUT2D eigenvalue weighted by Crippen LogP contribution is 2.41. The highest BCUT2D eigenvalue weighted by molar-refractivity contribution is 5.98. The van der Waals surface area contributed by atoms with E-state index in [1.807, 2.05) is 42.2 Å². The van der Waals surface area contributed by atoms with Crippen LogP contribution in [0.25, 0.3) is 11.1 Å². The Balaban J connectivity index is 1.19. The molecule has 3 aromatic rings. The highest BCUT2D eigenvalue weighted by Gasteiger charge is 2.41. The summed E-state index contributed by atoms with van der Waals surface area (Å²) in [5, 5.41) is 12.8. The number of amides is 2. The summed E-state index contributed by atoms with van der Waals surface area (Å²) in [7, 11) is 0. The van der Waals surface area contributed by atoms with Gasteiger partial charge < -0.3 is 24.8 Å². The van der Waals surface area contributed by atoms with Gasteiger partial charge in [-0.05, 0) is 43.5 Å². The Labute approximate surface area is 231 Å². The Kier molecular flexibility index (Phi) is 5.59. The number of fused-ring (bicyclic) bond motifs is 3. The Hall–Kier alpha value is -4.72. The lowest BCUT2D eigenvalue weighted by Crippen LogP contribution is -2.54. The fourth-order valence-electron chi connectivity index (χ4n) is 5.97. The molecule has 0 saturated carbocycles. The lowest BCUT2D eigenvalue weighted by Gasteiger charge is -2.44. The van der Waals surface area contributed by atoms with Crippen LogP contribution in [0.15, 0.2) is 42.7 Å². The molecule has 0 unspecified atom stereocenters. The number of carbonyl (C=O) groups is 2. The summed E-state index contributed by atoms with van der Waals surface area (Å²) >= 11 is 0. The second-order valence-electron chi connectivity index (χ2n) is 11.1. The zero-order valence-corrected chi connectivity index (χ0v) is 22.1. The van der Waals surface area contributed by atoms with Crippen LogP contribution in [0.2, 0.25) is 0 Å². The van der Waals surface area contributed by atoms with Crippen LogP contribution in [-0.2, 0) is 9.59 Å². The van der Waals surface area contributed by atoms with Crippen molar-refractivity contribution in [2.45, 2.75) is 38.6 Å². The van der Waals surface area contributed by atoms with Gasteiger partial charge >= 0.3 is 0 Å². The van der Waals surface area contributed by atoms with E-state index < -0.39 is 5.41 Å². The van der Waals surface area contributed by atoms with Crippen molar-refractivity contribution < 1.29 is 14.3 Å². The molecule has 2 amide bonds. The van der Waals surface area contributed by atoms with Gasteiger partial charge in [-0.3, -0.25) is 9.59 Å². The molecule has 11 heteroatoms. The van der Waals surface area contributed by atoms with Gasteiger partial charge in [0.25, 0.3) is 0 Å². The first-order valence-electron chi connectivity index (χ1n) is 13.6. The summed E-state index contributed by atoms with van der Waals surface area (Å²) in [5.41, 5.74) is 3.52. The van der Waals surface area contributed by atoms with Crippen LogP contribution in [0.4, 0.5) is 28.8 Å². The quantitative estimate of drug-likeness (QED) is 0.520. The number of nitriles is 1. The van der Waals surface area contributed by atoms with E-state index in [1.54, 1.807) is 17.3 Å². The van der Waals surface area contributed by atoms with Gasteiger partial charge in [-0.2, -0.15) is 10.2 Å². The zero-order valence-electron chi connectivity index (χ0n) is 22.1. The summed E-state index contributed by atoms with van der Waals surface area (Å²) < 4.78 is 5.79. The van der Waals surface area contributed by atoms with Crippen LogP contribution in [-0.4, -0.2) is 59.0 Å². The SMILES string of the molecule is CC1(C#N)CN(c2nc(Nc3cnc4c(c3)N3C(=O)CC[C@H]3CO4)ncc2-c2ccc(N3CCCC3=O)cc2)C1. The second kappa shape index (κ2) is 9.19. The van der Waals surface area contributed by atoms with Gasteiger partial charge in [-0.15, -0.1) is 0 Å². The molecule has 1 aromatic carbocycles. The molecule has 4 aliphatic heterocycles. The first-order chi connectivity index (χ1) is 19.4. The maximum absolute atomic E-state index is 12.5. The molecule has 2 aromatic heterocycles. The Morgan fingerprint density at radius 3 is 2.67 bits per heavy atom. The third-order valence-corrected chi connectivity index (χ3v) is 8.07. The first-order valence-corrected chi connectivity index (χ1v) is 13.6. The molecule has 6 heterocycles. The Morgan fingerprint density at radius 2 is 1.93 bits per heavy atom. The molecule has 3 fully saturated rings. The smallest absolute Gasteiger partial charge is 0.238 e. The van der Waals surface area contributed by atoms with Gasteiger partial charge in [-0.25, -0.2) is 9.97 Å². The van der Waals surface area contributed by atoms with Gasteiger partial charge in [-0.1, -0.05) is 12.1 Å². The summed E-state index contributed by atoms with van der Waals surface area (Å²) in [4.78, 5) is 44.3. The number of ether oxygens (including phenoxy) is 1. The van der Waals surface area contributed by atoms with Crippen molar-refractivity contribution >= 4 is 40.6 Å². The molecule has 202 valence electrons. The number of anilines is 5. The van der Waals surface area contributed by atoms with Crippen LogP contribution in [0.3, 0.4) is 0 Å². The van der Waals surface area contributed by atoms with Gasteiger partial charge in [0.1, 0.15) is 18.1 Å². The monoisotopic (exact) mass is 536 g/mol. The van der Waals surface area contributed by atoms with Crippen LogP contribution >= 0.6 is 0 Å². The number of hydrogen-bond donors (Lipinski definition) is 1. The fraction of sp³-hybridized carbons (Fsp3) is 0.379. The highest BCUT2D eigenvalue weighted by atomic mass is 16.5. The topological polar surface area (TPSA) is 128 Å². The average Bonchev–Trinajstić information content (AvgIpc) is 3.56. The van der Waals surface area contributed by atoms with E-state index in [0.29, 0.717) is 55.7 Å². The number of nitrogens with zero attached hydrogens (tertiary/aromatic N) is 7. The number of benzene rings is 1. The molecule has 1 N–H and O–H groups in total. The van der Waals surface area contributed by atoms with E-state index in [9.17, 15) is 14.9 Å². The molecule has 0 radical (unpaired) electrons. The molecule has 4 aliphatic rings. The maximum Gasteiger partial charge on any atom is 0.238 e. The minimum Gasteiger partial charge on any atom is -0.474 e. The molecule has 0 aliphatic carbocycles. The Morgan fingerprint density at radius 1 is 1.10 bits per heavy atom. The normalized spacial score (nSPS) is 20.9. The summed E-state index contributed by atoms with van der Waals surface area (Å²) in [6.07, 6.45) is 6.16. The van der Waals surface area contributed by atoms with Crippen LogP contribution in [0.1, 0.15) is 32.6 Å². The second-order valence-corrected chi connectivity index (χ2v) is 11.1. The van der Waals surface area contributed by atoms with Gasteiger partial charge in [0, 0.05) is 49.9 Å². The van der Waals surface area contributed by atoms with Crippen molar-refractivity contribution in [3.63, 3.8) is 0 Å². The molecule has 1 atom stereocenters. The molecule has 0 bridgehead atoms. The minimum absolute atomic E-state index is 0.0371. The van der Waals surface area contributed by atoms with Gasteiger partial charge in [0.2, 0.25) is 23.6 Å². The van der Waals surface area contributed by atoms with Crippen LogP contribution in [0.5, 0.6) is 5.88 Å². The molecule has 0 spiro atoms. The standard InChI is InChI=1S/C29H28N8O3/c1-29(15-30)16-35(17-29)26-22(18-4-6-20(7-5-18)36-10-2-3-24(36)38)13-32-28(34-26)33-19-11-23-27(31-12-19)40-14-21-8-9-25(39)37(21)23/h4-7,11-13,21H,2-3,8-10,14,16-17H2,1H3,(H,32,33,34)/t21-/m0/s1. The zero-order chi connectivity index (χ0) is 27.4. The van der Waals surface area contributed by atoms with Crippen molar-refractivity contribution in [1.29, 1.82) is 5.26 Å². The van der Waals surface area contributed by atoms with E-state index in [0.717, 1.165) is 42.0 Å². The number of nitrogens with one attached hydrogen (secondary N) is 1. The van der Waals surface area contributed by atoms with E-state index in [2.05, 4.69) is 26.3 Å². The lowest BCUT2D eigenvalue weighted by atomic mass is 9.83. The molecule has 40 heavy (non-hydrogen) atoms.